The highest BCUT2D eigenvalue weighted by Crippen LogP contribution is 2.34. The van der Waals surface area contributed by atoms with Gasteiger partial charge < -0.3 is 10.1 Å². The average Bonchev–Trinajstić information content (AvgIpc) is 2.99. The molecule has 1 N–H and O–H groups in total. The molecule has 4 rings (SSSR count). The third kappa shape index (κ3) is 5.67. The summed E-state index contributed by atoms with van der Waals surface area (Å²) in [5, 5.41) is 24.4. The second-order valence-corrected chi connectivity index (χ2v) is 9.35. The number of fused-ring (bicyclic) bond motifs is 1. The molecule has 0 aliphatic carbocycles. The van der Waals surface area contributed by atoms with Gasteiger partial charge in [-0.05, 0) is 42.3 Å². The summed E-state index contributed by atoms with van der Waals surface area (Å²) in [6, 6.07) is 18.1. The first kappa shape index (κ1) is 28.6. The minimum atomic E-state index is -0.978. The molecule has 1 amide bonds. The molecular weight excluding hydrogens is 526 g/mol. The normalized spacial score (nSPS) is 11.5. The Labute approximate surface area is 235 Å². The zero-order valence-corrected chi connectivity index (χ0v) is 22.7. The smallest absolute Gasteiger partial charge is 0.338 e. The van der Waals surface area contributed by atoms with Gasteiger partial charge in [-0.1, -0.05) is 37.6 Å². The summed E-state index contributed by atoms with van der Waals surface area (Å²) in [6.45, 7) is 1.87. The van der Waals surface area contributed by atoms with Crippen LogP contribution in [-0.2, 0) is 23.1 Å². The van der Waals surface area contributed by atoms with E-state index >= 15 is 0 Å². The molecule has 1 unspecified atom stereocenters. The van der Waals surface area contributed by atoms with Crippen molar-refractivity contribution in [2.24, 2.45) is 7.05 Å². The molecule has 11 nitrogen and oxygen atoms in total. The van der Waals surface area contributed by atoms with Crippen molar-refractivity contribution >= 4 is 28.5 Å². The van der Waals surface area contributed by atoms with Crippen LogP contribution < -0.4 is 10.9 Å². The van der Waals surface area contributed by atoms with E-state index in [0.717, 1.165) is 0 Å². The lowest BCUT2D eigenvalue weighted by atomic mass is 9.88. The number of benzene rings is 3. The number of rotatable bonds is 9. The standard InChI is InChI=1S/C30H27N5O6/c1-4-8-21(26-22(30(38)41-3)11-7-12-25(26)35(39)40)28(36)32-17-18-13-14-24-23(15-18)29(37)34(2)27(33-24)20-10-6-5-9-19(20)16-31/h5-7,9-15,21H,4,8,17H2,1-3H3,(H,32,36). The van der Waals surface area contributed by atoms with Crippen LogP contribution in [0.5, 0.6) is 0 Å². The maximum atomic E-state index is 13.4. The fraction of sp³-hybridized carbons (Fsp3) is 0.233. The number of nitro benzene ring substituents is 1. The van der Waals surface area contributed by atoms with Crippen molar-refractivity contribution < 1.29 is 19.2 Å². The first-order valence-electron chi connectivity index (χ1n) is 12.8. The van der Waals surface area contributed by atoms with Gasteiger partial charge in [0.2, 0.25) is 5.91 Å². The molecule has 41 heavy (non-hydrogen) atoms. The van der Waals surface area contributed by atoms with Crippen LogP contribution >= 0.6 is 0 Å². The SMILES string of the molecule is CCCC(C(=O)NCc1ccc2nc(-c3ccccc3C#N)n(C)c(=O)c2c1)c1c(C(=O)OC)cccc1[N+](=O)[O-]. The monoisotopic (exact) mass is 553 g/mol. The van der Waals surface area contributed by atoms with Gasteiger partial charge in [0.05, 0.1) is 51.6 Å². The number of hydrogen-bond acceptors (Lipinski definition) is 8. The average molecular weight is 554 g/mol. The molecule has 1 heterocycles. The highest BCUT2D eigenvalue weighted by atomic mass is 16.6. The fourth-order valence-corrected chi connectivity index (χ4v) is 4.82. The van der Waals surface area contributed by atoms with Crippen LogP contribution in [0.1, 0.15) is 52.7 Å². The van der Waals surface area contributed by atoms with Gasteiger partial charge in [0.25, 0.3) is 11.2 Å². The van der Waals surface area contributed by atoms with Crippen LogP contribution in [0.3, 0.4) is 0 Å². The summed E-state index contributed by atoms with van der Waals surface area (Å²) in [6.07, 6.45) is 0.787. The third-order valence-electron chi connectivity index (χ3n) is 6.82. The lowest BCUT2D eigenvalue weighted by Gasteiger charge is -2.19. The van der Waals surface area contributed by atoms with Gasteiger partial charge in [0.1, 0.15) is 5.82 Å². The first-order valence-corrected chi connectivity index (χ1v) is 12.8. The predicted octanol–water partition coefficient (Wildman–Crippen LogP) is 4.37. The van der Waals surface area contributed by atoms with Gasteiger partial charge in [0.15, 0.2) is 0 Å². The zero-order valence-electron chi connectivity index (χ0n) is 22.7. The van der Waals surface area contributed by atoms with Gasteiger partial charge in [0, 0.05) is 25.2 Å². The Morgan fingerprint density at radius 3 is 2.61 bits per heavy atom. The van der Waals surface area contributed by atoms with Crippen LogP contribution in [-0.4, -0.2) is 33.5 Å². The van der Waals surface area contributed by atoms with Crippen molar-refractivity contribution in [3.05, 3.63) is 103 Å². The van der Waals surface area contributed by atoms with E-state index in [0.29, 0.717) is 39.8 Å². The second-order valence-electron chi connectivity index (χ2n) is 9.35. The quantitative estimate of drug-likeness (QED) is 0.182. The molecule has 0 aliphatic rings. The largest absolute Gasteiger partial charge is 0.465 e. The number of nitriles is 1. The molecule has 0 aliphatic heterocycles. The molecule has 11 heteroatoms. The van der Waals surface area contributed by atoms with Crippen LogP contribution in [0.25, 0.3) is 22.3 Å². The second kappa shape index (κ2) is 12.2. The van der Waals surface area contributed by atoms with E-state index in [9.17, 15) is 29.8 Å². The summed E-state index contributed by atoms with van der Waals surface area (Å²) in [4.78, 5) is 54.9. The van der Waals surface area contributed by atoms with Crippen molar-refractivity contribution in [2.75, 3.05) is 7.11 Å². The summed E-state index contributed by atoms with van der Waals surface area (Å²) >= 11 is 0. The van der Waals surface area contributed by atoms with Crippen molar-refractivity contribution in [1.82, 2.24) is 14.9 Å². The Morgan fingerprint density at radius 2 is 1.93 bits per heavy atom. The molecule has 0 radical (unpaired) electrons. The van der Waals surface area contributed by atoms with Crippen molar-refractivity contribution in [3.63, 3.8) is 0 Å². The highest BCUT2D eigenvalue weighted by Gasteiger charge is 2.32. The van der Waals surface area contributed by atoms with Gasteiger partial charge >= 0.3 is 5.97 Å². The summed E-state index contributed by atoms with van der Waals surface area (Å²) in [5.74, 6) is -1.89. The molecule has 3 aromatic carbocycles. The maximum Gasteiger partial charge on any atom is 0.338 e. The van der Waals surface area contributed by atoms with Crippen LogP contribution in [0, 0.1) is 21.4 Å². The number of nitrogens with one attached hydrogen (secondary N) is 1. The van der Waals surface area contributed by atoms with Gasteiger partial charge in [-0.2, -0.15) is 5.26 Å². The maximum absolute atomic E-state index is 13.4. The van der Waals surface area contributed by atoms with E-state index in [1.54, 1.807) is 49.5 Å². The minimum Gasteiger partial charge on any atom is -0.465 e. The molecule has 208 valence electrons. The number of carbonyl (C=O) groups is 2. The summed E-state index contributed by atoms with van der Waals surface area (Å²) < 4.78 is 6.19. The fourth-order valence-electron chi connectivity index (χ4n) is 4.82. The number of amides is 1. The molecule has 0 saturated carbocycles. The van der Waals surface area contributed by atoms with E-state index in [1.807, 2.05) is 6.92 Å². The van der Waals surface area contributed by atoms with E-state index in [1.165, 1.54) is 29.9 Å². The van der Waals surface area contributed by atoms with Gasteiger partial charge in [-0.15, -0.1) is 0 Å². The van der Waals surface area contributed by atoms with Crippen molar-refractivity contribution in [3.8, 4) is 17.5 Å². The number of nitrogens with zero attached hydrogens (tertiary/aromatic N) is 4. The zero-order chi connectivity index (χ0) is 29.7. The van der Waals surface area contributed by atoms with E-state index in [4.69, 9.17) is 4.74 Å². The lowest BCUT2D eigenvalue weighted by Crippen LogP contribution is -2.30. The van der Waals surface area contributed by atoms with Crippen molar-refractivity contribution in [1.29, 1.82) is 5.26 Å². The molecule has 0 fully saturated rings. The van der Waals surface area contributed by atoms with Crippen molar-refractivity contribution in [2.45, 2.75) is 32.2 Å². The van der Waals surface area contributed by atoms with E-state index in [2.05, 4.69) is 16.4 Å². The predicted molar refractivity (Wildman–Crippen MR) is 151 cm³/mol. The van der Waals surface area contributed by atoms with Gasteiger partial charge in [-0.3, -0.25) is 24.3 Å². The summed E-state index contributed by atoms with van der Waals surface area (Å²) in [5.41, 5.74) is 1.28. The molecule has 0 saturated heterocycles. The van der Waals surface area contributed by atoms with Crippen LogP contribution in [0.15, 0.2) is 65.5 Å². The first-order chi connectivity index (χ1) is 19.7. The Kier molecular flexibility index (Phi) is 8.53. The number of esters is 1. The molecule has 1 atom stereocenters. The number of aromatic nitrogens is 2. The summed E-state index contributed by atoms with van der Waals surface area (Å²) in [7, 11) is 2.75. The Hall–Kier alpha value is -5.37. The minimum absolute atomic E-state index is 0.00506. The van der Waals surface area contributed by atoms with Gasteiger partial charge in [-0.25, -0.2) is 9.78 Å². The van der Waals surface area contributed by atoms with Crippen LogP contribution in [0.4, 0.5) is 5.69 Å². The third-order valence-corrected chi connectivity index (χ3v) is 6.82. The van der Waals surface area contributed by atoms with E-state index in [-0.39, 0.29) is 35.3 Å². The molecule has 0 spiro atoms. The molecular formula is C30H27N5O6. The Bertz CT molecular complexity index is 1770. The van der Waals surface area contributed by atoms with Crippen LogP contribution in [0.2, 0.25) is 0 Å². The Morgan fingerprint density at radius 1 is 1.17 bits per heavy atom. The molecule has 1 aromatic heterocycles. The number of nitro groups is 1. The number of methoxy groups -OCH3 is 1. The molecule has 0 bridgehead atoms. The number of hydrogen-bond donors (Lipinski definition) is 1. The highest BCUT2D eigenvalue weighted by molar-refractivity contribution is 5.96. The lowest BCUT2D eigenvalue weighted by molar-refractivity contribution is -0.385. The number of ether oxygens (including phenoxy) is 1. The number of carbonyl (C=O) groups excluding carboxylic acids is 2. The van der Waals surface area contributed by atoms with E-state index < -0.39 is 22.7 Å². The Balaban J connectivity index is 1.66. The molecule has 4 aromatic rings. The topological polar surface area (TPSA) is 157 Å².